The first-order valence-corrected chi connectivity index (χ1v) is 8.50. The quantitative estimate of drug-likeness (QED) is 0.560. The number of aromatic nitrogens is 2. The maximum atomic E-state index is 6.20. The van der Waals surface area contributed by atoms with E-state index in [0.29, 0.717) is 28.2 Å². The van der Waals surface area contributed by atoms with E-state index in [1.807, 2.05) is 35.9 Å². The van der Waals surface area contributed by atoms with Crippen molar-refractivity contribution in [2.45, 2.75) is 20.1 Å². The van der Waals surface area contributed by atoms with Crippen molar-refractivity contribution in [1.82, 2.24) is 9.78 Å². The fraction of sp³-hybridized carbons (Fsp3) is 0.167. The maximum Gasteiger partial charge on any atom is 0.124 e. The van der Waals surface area contributed by atoms with Gasteiger partial charge in [-0.15, -0.1) is 0 Å². The van der Waals surface area contributed by atoms with E-state index in [4.69, 9.17) is 39.5 Å². The number of hydrogen-bond acceptors (Lipinski definition) is 2. The number of aryl methyl sites for hydroxylation is 1. The van der Waals surface area contributed by atoms with Gasteiger partial charge in [-0.25, -0.2) is 0 Å². The van der Waals surface area contributed by atoms with Crippen molar-refractivity contribution in [3.8, 4) is 5.75 Å². The molecule has 0 unspecified atom stereocenters. The lowest BCUT2D eigenvalue weighted by atomic mass is 10.2. The van der Waals surface area contributed by atoms with Crippen LogP contribution in [-0.2, 0) is 13.2 Å². The monoisotopic (exact) mass is 380 g/mol. The fourth-order valence-electron chi connectivity index (χ4n) is 2.33. The minimum absolute atomic E-state index is 0.350. The van der Waals surface area contributed by atoms with Gasteiger partial charge in [0.2, 0.25) is 0 Å². The number of halogens is 3. The van der Waals surface area contributed by atoms with Crippen molar-refractivity contribution >= 4 is 34.8 Å². The van der Waals surface area contributed by atoms with Crippen LogP contribution in [0.5, 0.6) is 5.75 Å². The Morgan fingerprint density at radius 3 is 2.42 bits per heavy atom. The van der Waals surface area contributed by atoms with Crippen LogP contribution < -0.4 is 4.74 Å². The van der Waals surface area contributed by atoms with Crippen molar-refractivity contribution in [1.29, 1.82) is 0 Å². The van der Waals surface area contributed by atoms with Crippen LogP contribution >= 0.6 is 34.8 Å². The molecular formula is C18H15Cl3N2O. The first kappa shape index (κ1) is 17.2. The SMILES string of the molecule is Cc1ccnn1Cc1cc(Cl)ccc1OCc1ccc(Cl)cc1Cl. The first-order valence-electron chi connectivity index (χ1n) is 7.36. The largest absolute Gasteiger partial charge is 0.488 e. The second kappa shape index (κ2) is 7.47. The van der Waals surface area contributed by atoms with Gasteiger partial charge in [0.1, 0.15) is 12.4 Å². The number of ether oxygens (including phenoxy) is 1. The van der Waals surface area contributed by atoms with Crippen molar-refractivity contribution in [3.05, 3.63) is 80.6 Å². The average molecular weight is 382 g/mol. The molecule has 0 radical (unpaired) electrons. The third-order valence-electron chi connectivity index (χ3n) is 3.67. The third-order valence-corrected chi connectivity index (χ3v) is 4.49. The zero-order valence-electron chi connectivity index (χ0n) is 13.0. The summed E-state index contributed by atoms with van der Waals surface area (Å²) in [7, 11) is 0. The van der Waals surface area contributed by atoms with Gasteiger partial charge in [-0.05, 0) is 43.3 Å². The molecule has 3 rings (SSSR count). The standard InChI is InChI=1S/C18H15Cl3N2O/c1-12-6-7-22-23(12)10-14-8-15(19)4-5-18(14)24-11-13-2-3-16(20)9-17(13)21/h2-9H,10-11H2,1H3. The van der Waals surface area contributed by atoms with Crippen molar-refractivity contribution in [2.75, 3.05) is 0 Å². The molecular weight excluding hydrogens is 367 g/mol. The highest BCUT2D eigenvalue weighted by Crippen LogP contribution is 2.27. The molecule has 0 amide bonds. The molecule has 1 heterocycles. The van der Waals surface area contributed by atoms with Crippen molar-refractivity contribution in [2.24, 2.45) is 0 Å². The molecule has 0 spiro atoms. The summed E-state index contributed by atoms with van der Waals surface area (Å²) < 4.78 is 7.86. The Bertz CT molecular complexity index is 861. The van der Waals surface area contributed by atoms with Crippen LogP contribution in [-0.4, -0.2) is 9.78 Å². The lowest BCUT2D eigenvalue weighted by Crippen LogP contribution is -2.06. The van der Waals surface area contributed by atoms with E-state index < -0.39 is 0 Å². The molecule has 6 heteroatoms. The van der Waals surface area contributed by atoms with Gasteiger partial charge in [-0.2, -0.15) is 5.10 Å². The molecule has 0 bridgehead atoms. The van der Waals surface area contributed by atoms with E-state index in [2.05, 4.69) is 5.10 Å². The Labute approximate surface area is 155 Å². The number of hydrogen-bond donors (Lipinski definition) is 0. The van der Waals surface area contributed by atoms with Crippen LogP contribution in [0.1, 0.15) is 16.8 Å². The van der Waals surface area contributed by atoms with Crippen LogP contribution in [0.25, 0.3) is 0 Å². The predicted octanol–water partition coefficient (Wildman–Crippen LogP) is 5.78. The van der Waals surface area contributed by atoms with E-state index in [9.17, 15) is 0 Å². The molecule has 0 aliphatic rings. The lowest BCUT2D eigenvalue weighted by Gasteiger charge is -2.14. The van der Waals surface area contributed by atoms with Gasteiger partial charge in [0, 0.05) is 38.1 Å². The van der Waals surface area contributed by atoms with E-state index in [1.54, 1.807) is 24.4 Å². The van der Waals surface area contributed by atoms with Gasteiger partial charge in [0.15, 0.2) is 0 Å². The molecule has 1 aromatic heterocycles. The minimum atomic E-state index is 0.350. The minimum Gasteiger partial charge on any atom is -0.488 e. The molecule has 0 aliphatic carbocycles. The second-order valence-electron chi connectivity index (χ2n) is 5.41. The molecule has 3 aromatic rings. The highest BCUT2D eigenvalue weighted by atomic mass is 35.5. The fourth-order valence-corrected chi connectivity index (χ4v) is 2.99. The van der Waals surface area contributed by atoms with Crippen LogP contribution in [0, 0.1) is 6.92 Å². The van der Waals surface area contributed by atoms with Gasteiger partial charge in [0.05, 0.1) is 6.54 Å². The summed E-state index contributed by atoms with van der Waals surface area (Å²) in [5.74, 6) is 0.750. The van der Waals surface area contributed by atoms with Crippen molar-refractivity contribution in [3.63, 3.8) is 0 Å². The number of nitrogens with zero attached hydrogens (tertiary/aromatic N) is 2. The number of benzene rings is 2. The Hall–Kier alpha value is -1.68. The van der Waals surface area contributed by atoms with Crippen LogP contribution in [0.4, 0.5) is 0 Å². The van der Waals surface area contributed by atoms with E-state index in [-0.39, 0.29) is 0 Å². The normalized spacial score (nSPS) is 10.8. The highest BCUT2D eigenvalue weighted by molar-refractivity contribution is 6.35. The molecule has 0 saturated heterocycles. The van der Waals surface area contributed by atoms with Gasteiger partial charge in [-0.1, -0.05) is 40.9 Å². The smallest absolute Gasteiger partial charge is 0.124 e. The summed E-state index contributed by atoms with van der Waals surface area (Å²) in [6.07, 6.45) is 1.77. The lowest BCUT2D eigenvalue weighted by molar-refractivity contribution is 0.302. The average Bonchev–Trinajstić information content (AvgIpc) is 2.93. The summed E-state index contributed by atoms with van der Waals surface area (Å²) in [6, 6.07) is 12.9. The maximum absolute atomic E-state index is 6.20. The molecule has 0 N–H and O–H groups in total. The summed E-state index contributed by atoms with van der Waals surface area (Å²) >= 11 is 18.3. The van der Waals surface area contributed by atoms with Gasteiger partial charge < -0.3 is 4.74 Å². The molecule has 0 atom stereocenters. The Morgan fingerprint density at radius 2 is 1.71 bits per heavy atom. The zero-order valence-corrected chi connectivity index (χ0v) is 15.2. The topological polar surface area (TPSA) is 27.1 Å². The van der Waals surface area contributed by atoms with Crippen LogP contribution in [0.15, 0.2) is 48.7 Å². The Kier molecular flexibility index (Phi) is 5.34. The molecule has 3 nitrogen and oxygen atoms in total. The summed E-state index contributed by atoms with van der Waals surface area (Å²) in [6.45, 7) is 2.94. The van der Waals surface area contributed by atoms with E-state index in [0.717, 1.165) is 22.6 Å². The second-order valence-corrected chi connectivity index (χ2v) is 6.69. The first-order chi connectivity index (χ1) is 11.5. The summed E-state index contributed by atoms with van der Waals surface area (Å²) in [5.41, 5.74) is 2.90. The molecule has 0 fully saturated rings. The summed E-state index contributed by atoms with van der Waals surface area (Å²) in [5, 5.41) is 6.15. The Morgan fingerprint density at radius 1 is 0.958 bits per heavy atom. The van der Waals surface area contributed by atoms with E-state index in [1.165, 1.54) is 0 Å². The molecule has 124 valence electrons. The van der Waals surface area contributed by atoms with Gasteiger partial charge >= 0.3 is 0 Å². The zero-order chi connectivity index (χ0) is 17.1. The Balaban J connectivity index is 1.81. The molecule has 0 aliphatic heterocycles. The van der Waals surface area contributed by atoms with Crippen LogP contribution in [0.2, 0.25) is 15.1 Å². The van der Waals surface area contributed by atoms with Crippen LogP contribution in [0.3, 0.4) is 0 Å². The molecule has 0 saturated carbocycles. The number of rotatable bonds is 5. The van der Waals surface area contributed by atoms with Gasteiger partial charge in [0.25, 0.3) is 0 Å². The predicted molar refractivity (Wildman–Crippen MR) is 98.3 cm³/mol. The molecule has 2 aromatic carbocycles. The third kappa shape index (κ3) is 4.04. The van der Waals surface area contributed by atoms with Crippen molar-refractivity contribution < 1.29 is 4.74 Å². The summed E-state index contributed by atoms with van der Waals surface area (Å²) in [4.78, 5) is 0. The van der Waals surface area contributed by atoms with E-state index >= 15 is 0 Å². The highest BCUT2D eigenvalue weighted by Gasteiger charge is 2.09. The molecule has 24 heavy (non-hydrogen) atoms. The van der Waals surface area contributed by atoms with Gasteiger partial charge in [-0.3, -0.25) is 4.68 Å².